The fourth-order valence-corrected chi connectivity index (χ4v) is 2.73. The van der Waals surface area contributed by atoms with Crippen LogP contribution in [0.25, 0.3) is 0 Å². The van der Waals surface area contributed by atoms with Gasteiger partial charge in [-0.25, -0.2) is 0 Å². The van der Waals surface area contributed by atoms with Gasteiger partial charge in [0.25, 0.3) is 0 Å². The van der Waals surface area contributed by atoms with Crippen molar-refractivity contribution in [2.24, 2.45) is 0 Å². The molecule has 0 spiro atoms. The number of benzene rings is 1. The number of fused-ring (bicyclic) bond motifs is 1. The average molecular weight is 240 g/mol. The summed E-state index contributed by atoms with van der Waals surface area (Å²) in [6.07, 6.45) is 2.52. The maximum Gasteiger partial charge on any atom is 0.0210 e. The van der Waals surface area contributed by atoms with Crippen LogP contribution in [0.1, 0.15) is 23.5 Å². The molecule has 70 valence electrons. The molecule has 0 fully saturated rings. The SMILES string of the molecule is CNCC1CCc2c(Br)cccc21. The summed E-state index contributed by atoms with van der Waals surface area (Å²) >= 11 is 3.61. The summed E-state index contributed by atoms with van der Waals surface area (Å²) in [5.74, 6) is 0.720. The van der Waals surface area contributed by atoms with Crippen LogP contribution in [0.4, 0.5) is 0 Å². The summed E-state index contributed by atoms with van der Waals surface area (Å²) in [6, 6.07) is 6.53. The zero-order valence-corrected chi connectivity index (χ0v) is 9.39. The first-order valence-electron chi connectivity index (χ1n) is 4.75. The smallest absolute Gasteiger partial charge is 0.0210 e. The van der Waals surface area contributed by atoms with Crippen molar-refractivity contribution >= 4 is 15.9 Å². The van der Waals surface area contributed by atoms with Gasteiger partial charge in [0, 0.05) is 11.0 Å². The number of likely N-dealkylation sites (N-methyl/N-ethyl adjacent to an activating group) is 1. The second-order valence-corrected chi connectivity index (χ2v) is 4.46. The van der Waals surface area contributed by atoms with Gasteiger partial charge in [0.05, 0.1) is 0 Å². The molecule has 1 aliphatic rings. The lowest BCUT2D eigenvalue weighted by Gasteiger charge is -2.10. The molecule has 0 heterocycles. The minimum Gasteiger partial charge on any atom is -0.319 e. The highest BCUT2D eigenvalue weighted by molar-refractivity contribution is 9.10. The first kappa shape index (κ1) is 9.22. The molecular weight excluding hydrogens is 226 g/mol. The van der Waals surface area contributed by atoms with E-state index in [0.29, 0.717) is 0 Å². The lowest BCUT2D eigenvalue weighted by atomic mass is 10.0. The lowest BCUT2D eigenvalue weighted by Crippen LogP contribution is -2.14. The molecule has 0 aliphatic heterocycles. The Balaban J connectivity index is 2.32. The summed E-state index contributed by atoms with van der Waals surface area (Å²) in [7, 11) is 2.02. The van der Waals surface area contributed by atoms with E-state index < -0.39 is 0 Å². The van der Waals surface area contributed by atoms with Gasteiger partial charge >= 0.3 is 0 Å². The Morgan fingerprint density at radius 2 is 2.38 bits per heavy atom. The van der Waals surface area contributed by atoms with Crippen LogP contribution in [0.3, 0.4) is 0 Å². The Labute approximate surface area is 87.7 Å². The van der Waals surface area contributed by atoms with Crippen molar-refractivity contribution in [1.29, 1.82) is 0 Å². The van der Waals surface area contributed by atoms with Gasteiger partial charge in [-0.05, 0) is 43.0 Å². The normalized spacial score (nSPS) is 20.3. The number of hydrogen-bond acceptors (Lipinski definition) is 1. The van der Waals surface area contributed by atoms with Crippen LogP contribution in [-0.2, 0) is 6.42 Å². The van der Waals surface area contributed by atoms with Crippen LogP contribution in [0.2, 0.25) is 0 Å². The predicted octanol–water partition coefficient (Wildman–Crippen LogP) is 2.70. The molecule has 13 heavy (non-hydrogen) atoms. The van der Waals surface area contributed by atoms with Crippen LogP contribution >= 0.6 is 15.9 Å². The number of rotatable bonds is 2. The van der Waals surface area contributed by atoms with Gasteiger partial charge in [0.1, 0.15) is 0 Å². The average Bonchev–Trinajstić information content (AvgIpc) is 2.51. The van der Waals surface area contributed by atoms with Crippen LogP contribution in [0, 0.1) is 0 Å². The first-order valence-corrected chi connectivity index (χ1v) is 5.54. The highest BCUT2D eigenvalue weighted by atomic mass is 79.9. The molecule has 2 rings (SSSR count). The van der Waals surface area contributed by atoms with Gasteiger partial charge in [-0.15, -0.1) is 0 Å². The summed E-state index contributed by atoms with van der Waals surface area (Å²) < 4.78 is 1.28. The predicted molar refractivity (Wildman–Crippen MR) is 59.1 cm³/mol. The van der Waals surface area contributed by atoms with Gasteiger partial charge in [0.2, 0.25) is 0 Å². The highest BCUT2D eigenvalue weighted by Crippen LogP contribution is 2.36. The number of nitrogens with one attached hydrogen (secondary N) is 1. The maximum absolute atomic E-state index is 3.61. The molecule has 1 atom stereocenters. The lowest BCUT2D eigenvalue weighted by molar-refractivity contribution is 0.623. The second kappa shape index (κ2) is 3.81. The maximum atomic E-state index is 3.61. The molecule has 0 aromatic heterocycles. The Kier molecular flexibility index (Phi) is 2.70. The minimum absolute atomic E-state index is 0.720. The van der Waals surface area contributed by atoms with Crippen molar-refractivity contribution in [1.82, 2.24) is 5.32 Å². The second-order valence-electron chi connectivity index (χ2n) is 3.60. The molecule has 1 unspecified atom stereocenters. The van der Waals surface area contributed by atoms with Gasteiger partial charge in [-0.1, -0.05) is 28.1 Å². The minimum atomic E-state index is 0.720. The molecule has 2 heteroatoms. The summed E-state index contributed by atoms with van der Waals surface area (Å²) in [5.41, 5.74) is 3.05. The van der Waals surface area contributed by atoms with Crippen molar-refractivity contribution in [3.8, 4) is 0 Å². The van der Waals surface area contributed by atoms with Crippen LogP contribution < -0.4 is 5.32 Å². The molecule has 1 nitrogen and oxygen atoms in total. The Bertz CT molecular complexity index is 309. The Hall–Kier alpha value is -0.340. The van der Waals surface area contributed by atoms with Crippen molar-refractivity contribution in [2.75, 3.05) is 13.6 Å². The summed E-state index contributed by atoms with van der Waals surface area (Å²) in [6.45, 7) is 1.10. The van der Waals surface area contributed by atoms with Gasteiger partial charge in [0.15, 0.2) is 0 Å². The fourth-order valence-electron chi connectivity index (χ4n) is 2.15. The molecule has 0 saturated heterocycles. The van der Waals surface area contributed by atoms with E-state index in [2.05, 4.69) is 39.4 Å². The third-order valence-corrected chi connectivity index (χ3v) is 3.53. The zero-order chi connectivity index (χ0) is 9.26. The highest BCUT2D eigenvalue weighted by Gasteiger charge is 2.22. The number of halogens is 1. The topological polar surface area (TPSA) is 12.0 Å². The fraction of sp³-hybridized carbons (Fsp3) is 0.455. The third-order valence-electron chi connectivity index (χ3n) is 2.79. The van der Waals surface area contributed by atoms with Crippen molar-refractivity contribution in [3.63, 3.8) is 0 Å². The van der Waals surface area contributed by atoms with E-state index in [1.165, 1.54) is 28.4 Å². The van der Waals surface area contributed by atoms with Crippen LogP contribution in [0.15, 0.2) is 22.7 Å². The van der Waals surface area contributed by atoms with E-state index >= 15 is 0 Å². The monoisotopic (exact) mass is 239 g/mol. The van der Waals surface area contributed by atoms with E-state index in [1.807, 2.05) is 7.05 Å². The molecule has 0 amide bonds. The van der Waals surface area contributed by atoms with Crippen molar-refractivity contribution < 1.29 is 0 Å². The van der Waals surface area contributed by atoms with Crippen LogP contribution in [-0.4, -0.2) is 13.6 Å². The first-order chi connectivity index (χ1) is 6.33. The van der Waals surface area contributed by atoms with Gasteiger partial charge < -0.3 is 5.32 Å². The van der Waals surface area contributed by atoms with E-state index in [0.717, 1.165) is 12.5 Å². The standard InChI is InChI=1S/C11H14BrN/c1-13-7-8-5-6-10-9(8)3-2-4-11(10)12/h2-4,8,13H,5-7H2,1H3. The summed E-state index contributed by atoms with van der Waals surface area (Å²) in [4.78, 5) is 0. The third kappa shape index (κ3) is 1.65. The van der Waals surface area contributed by atoms with Crippen molar-refractivity contribution in [3.05, 3.63) is 33.8 Å². The van der Waals surface area contributed by atoms with Crippen LogP contribution in [0.5, 0.6) is 0 Å². The number of hydrogen-bond donors (Lipinski definition) is 1. The largest absolute Gasteiger partial charge is 0.319 e. The van der Waals surface area contributed by atoms with E-state index in [1.54, 1.807) is 0 Å². The molecule has 1 aromatic rings. The van der Waals surface area contributed by atoms with Crippen molar-refractivity contribution in [2.45, 2.75) is 18.8 Å². The molecule has 1 aliphatic carbocycles. The van der Waals surface area contributed by atoms with Gasteiger partial charge in [-0.3, -0.25) is 0 Å². The molecule has 0 saturated carbocycles. The molecular formula is C11H14BrN. The molecule has 0 radical (unpaired) electrons. The quantitative estimate of drug-likeness (QED) is 0.838. The Morgan fingerprint density at radius 1 is 1.54 bits per heavy atom. The van der Waals surface area contributed by atoms with Gasteiger partial charge in [-0.2, -0.15) is 0 Å². The Morgan fingerprint density at radius 3 is 3.15 bits per heavy atom. The van der Waals surface area contributed by atoms with E-state index in [4.69, 9.17) is 0 Å². The molecule has 1 N–H and O–H groups in total. The molecule has 1 aromatic carbocycles. The van der Waals surface area contributed by atoms with E-state index in [9.17, 15) is 0 Å². The molecule has 0 bridgehead atoms. The zero-order valence-electron chi connectivity index (χ0n) is 7.81. The van der Waals surface area contributed by atoms with E-state index in [-0.39, 0.29) is 0 Å². The summed E-state index contributed by atoms with van der Waals surface area (Å²) in [5, 5.41) is 3.25.